The smallest absolute Gasteiger partial charge is 0.417 e. The van der Waals surface area contributed by atoms with Crippen LogP contribution < -0.4 is 0 Å². The molecular weight excluding hydrogens is 238 g/mol. The molecule has 100 valence electrons. The van der Waals surface area contributed by atoms with E-state index in [-0.39, 0.29) is 12.0 Å². The van der Waals surface area contributed by atoms with E-state index >= 15 is 0 Å². The Morgan fingerprint density at radius 3 is 2.53 bits per heavy atom. The summed E-state index contributed by atoms with van der Waals surface area (Å²) in [5, 5.41) is 0. The van der Waals surface area contributed by atoms with E-state index in [1.807, 2.05) is 30.4 Å². The number of rotatable bonds is 4. The summed E-state index contributed by atoms with van der Waals surface area (Å²) in [6.45, 7) is 2.55. The number of benzene rings is 1. The third-order valence-electron chi connectivity index (χ3n) is 3.03. The maximum absolute atomic E-state index is 11.7. The van der Waals surface area contributed by atoms with E-state index < -0.39 is 0 Å². The SMILES string of the molecule is CCCCOC(=O)N1C=CC(c2ccccc2)C=C1. The van der Waals surface area contributed by atoms with Crippen molar-refractivity contribution in [1.82, 2.24) is 4.90 Å². The van der Waals surface area contributed by atoms with Crippen LogP contribution in [0.15, 0.2) is 54.9 Å². The molecule has 0 saturated heterocycles. The fraction of sp³-hybridized carbons (Fsp3) is 0.312. The summed E-state index contributed by atoms with van der Waals surface area (Å²) in [4.78, 5) is 13.2. The fourth-order valence-electron chi connectivity index (χ4n) is 1.88. The largest absolute Gasteiger partial charge is 0.449 e. The first-order chi connectivity index (χ1) is 9.31. The molecule has 1 aromatic rings. The van der Waals surface area contributed by atoms with E-state index in [2.05, 4.69) is 19.1 Å². The highest BCUT2D eigenvalue weighted by Gasteiger charge is 2.14. The molecule has 3 heteroatoms. The highest BCUT2D eigenvalue weighted by molar-refractivity contribution is 5.70. The van der Waals surface area contributed by atoms with Crippen LogP contribution in [-0.4, -0.2) is 17.6 Å². The van der Waals surface area contributed by atoms with Gasteiger partial charge in [0.15, 0.2) is 0 Å². The Labute approximate surface area is 114 Å². The zero-order valence-electron chi connectivity index (χ0n) is 11.2. The van der Waals surface area contributed by atoms with Gasteiger partial charge in [0.05, 0.1) is 6.61 Å². The number of ether oxygens (including phenoxy) is 1. The molecular formula is C16H19NO2. The number of allylic oxidation sites excluding steroid dienone is 2. The van der Waals surface area contributed by atoms with Crippen molar-refractivity contribution in [2.45, 2.75) is 25.7 Å². The zero-order chi connectivity index (χ0) is 13.5. The second kappa shape index (κ2) is 6.78. The van der Waals surface area contributed by atoms with E-state index in [1.165, 1.54) is 10.5 Å². The first-order valence-corrected chi connectivity index (χ1v) is 6.68. The van der Waals surface area contributed by atoms with Gasteiger partial charge in [-0.25, -0.2) is 4.79 Å². The molecule has 0 aliphatic carbocycles. The lowest BCUT2D eigenvalue weighted by Crippen LogP contribution is -2.23. The van der Waals surface area contributed by atoms with E-state index in [1.54, 1.807) is 12.4 Å². The second-order valence-corrected chi connectivity index (χ2v) is 4.49. The Balaban J connectivity index is 1.90. The molecule has 19 heavy (non-hydrogen) atoms. The predicted octanol–water partition coefficient (Wildman–Crippen LogP) is 4.05. The molecule has 0 unspecified atom stereocenters. The van der Waals surface area contributed by atoms with Crippen molar-refractivity contribution >= 4 is 6.09 Å². The van der Waals surface area contributed by atoms with Gasteiger partial charge >= 0.3 is 6.09 Å². The van der Waals surface area contributed by atoms with Crippen LogP contribution in [-0.2, 0) is 4.74 Å². The molecule has 0 aromatic heterocycles. The third kappa shape index (κ3) is 3.71. The standard InChI is InChI=1S/C16H19NO2/c1-2-3-13-19-16(18)17-11-9-15(10-12-17)14-7-5-4-6-8-14/h4-12,15H,2-3,13H2,1H3. The quantitative estimate of drug-likeness (QED) is 0.761. The Morgan fingerprint density at radius 2 is 1.89 bits per heavy atom. The van der Waals surface area contributed by atoms with E-state index in [0.29, 0.717) is 6.61 Å². The topological polar surface area (TPSA) is 29.5 Å². The minimum Gasteiger partial charge on any atom is -0.449 e. The summed E-state index contributed by atoms with van der Waals surface area (Å²) in [5.74, 6) is 0.223. The van der Waals surface area contributed by atoms with E-state index in [4.69, 9.17) is 4.74 Å². The molecule has 0 N–H and O–H groups in total. The number of hydrogen-bond acceptors (Lipinski definition) is 2. The molecule has 1 heterocycles. The van der Waals surface area contributed by atoms with Gasteiger partial charge in [-0.1, -0.05) is 55.8 Å². The lowest BCUT2D eigenvalue weighted by Gasteiger charge is -2.20. The Bertz CT molecular complexity index is 451. The van der Waals surface area contributed by atoms with E-state index in [9.17, 15) is 4.79 Å². The average Bonchev–Trinajstić information content (AvgIpc) is 2.48. The van der Waals surface area contributed by atoms with E-state index in [0.717, 1.165) is 12.8 Å². The van der Waals surface area contributed by atoms with Crippen molar-refractivity contribution in [2.75, 3.05) is 6.61 Å². The number of hydrogen-bond donors (Lipinski definition) is 0. The maximum Gasteiger partial charge on any atom is 0.417 e. The first kappa shape index (κ1) is 13.4. The second-order valence-electron chi connectivity index (χ2n) is 4.49. The fourth-order valence-corrected chi connectivity index (χ4v) is 1.88. The van der Waals surface area contributed by atoms with Crippen molar-refractivity contribution < 1.29 is 9.53 Å². The summed E-state index contributed by atoms with van der Waals surface area (Å²) in [5.41, 5.74) is 1.22. The molecule has 0 fully saturated rings. The summed E-state index contributed by atoms with van der Waals surface area (Å²) in [6.07, 6.45) is 9.15. The summed E-state index contributed by atoms with van der Waals surface area (Å²) >= 11 is 0. The monoisotopic (exact) mass is 257 g/mol. The minimum absolute atomic E-state index is 0.223. The third-order valence-corrected chi connectivity index (χ3v) is 3.03. The molecule has 0 saturated carbocycles. The van der Waals surface area contributed by atoms with Gasteiger partial charge in [0.1, 0.15) is 0 Å². The molecule has 1 amide bonds. The van der Waals surface area contributed by atoms with Gasteiger partial charge in [-0.15, -0.1) is 0 Å². The number of carbonyl (C=O) groups is 1. The van der Waals surface area contributed by atoms with Gasteiger partial charge in [-0.2, -0.15) is 0 Å². The van der Waals surface area contributed by atoms with Gasteiger partial charge in [-0.05, 0) is 12.0 Å². The summed E-state index contributed by atoms with van der Waals surface area (Å²) in [7, 11) is 0. The molecule has 0 atom stereocenters. The van der Waals surface area contributed by atoms with Gasteiger partial charge in [0, 0.05) is 18.3 Å². The van der Waals surface area contributed by atoms with Gasteiger partial charge < -0.3 is 4.74 Å². The van der Waals surface area contributed by atoms with Crippen molar-refractivity contribution in [3.63, 3.8) is 0 Å². The normalized spacial score (nSPS) is 14.7. The van der Waals surface area contributed by atoms with Crippen LogP contribution in [0.2, 0.25) is 0 Å². The number of amides is 1. The van der Waals surface area contributed by atoms with Gasteiger partial charge in [0.25, 0.3) is 0 Å². The molecule has 0 radical (unpaired) electrons. The van der Waals surface area contributed by atoms with Gasteiger partial charge in [-0.3, -0.25) is 4.90 Å². The average molecular weight is 257 g/mol. The van der Waals surface area contributed by atoms with Crippen molar-refractivity contribution in [3.05, 3.63) is 60.4 Å². The molecule has 2 rings (SSSR count). The molecule has 1 aromatic carbocycles. The predicted molar refractivity (Wildman–Crippen MR) is 75.6 cm³/mol. The summed E-state index contributed by atoms with van der Waals surface area (Å²) < 4.78 is 5.15. The zero-order valence-corrected chi connectivity index (χ0v) is 11.2. The maximum atomic E-state index is 11.7. The van der Waals surface area contributed by atoms with Crippen molar-refractivity contribution in [2.24, 2.45) is 0 Å². The Morgan fingerprint density at radius 1 is 1.21 bits per heavy atom. The molecule has 0 spiro atoms. The molecule has 1 aliphatic heterocycles. The van der Waals surface area contributed by atoms with Crippen LogP contribution >= 0.6 is 0 Å². The highest BCUT2D eigenvalue weighted by atomic mass is 16.6. The van der Waals surface area contributed by atoms with Crippen LogP contribution in [0, 0.1) is 0 Å². The molecule has 1 aliphatic rings. The highest BCUT2D eigenvalue weighted by Crippen LogP contribution is 2.22. The number of nitrogens with zero attached hydrogens (tertiary/aromatic N) is 1. The van der Waals surface area contributed by atoms with Crippen LogP contribution in [0.1, 0.15) is 31.2 Å². The lowest BCUT2D eigenvalue weighted by atomic mass is 9.98. The lowest BCUT2D eigenvalue weighted by molar-refractivity contribution is 0.126. The number of unbranched alkanes of at least 4 members (excludes halogenated alkanes) is 1. The molecule has 0 bridgehead atoms. The number of carbonyl (C=O) groups excluding carboxylic acids is 1. The van der Waals surface area contributed by atoms with Crippen LogP contribution in [0.5, 0.6) is 0 Å². The summed E-state index contributed by atoms with van der Waals surface area (Å²) in [6, 6.07) is 10.2. The van der Waals surface area contributed by atoms with Crippen molar-refractivity contribution in [1.29, 1.82) is 0 Å². The van der Waals surface area contributed by atoms with Gasteiger partial charge in [0.2, 0.25) is 0 Å². The minimum atomic E-state index is -0.313. The van der Waals surface area contributed by atoms with Crippen LogP contribution in [0.3, 0.4) is 0 Å². The van der Waals surface area contributed by atoms with Crippen LogP contribution in [0.4, 0.5) is 4.79 Å². The van der Waals surface area contributed by atoms with Crippen molar-refractivity contribution in [3.8, 4) is 0 Å². The van der Waals surface area contributed by atoms with Crippen LogP contribution in [0.25, 0.3) is 0 Å². The molecule has 3 nitrogen and oxygen atoms in total. The first-order valence-electron chi connectivity index (χ1n) is 6.68. The Kier molecular flexibility index (Phi) is 4.78. The Hall–Kier alpha value is -2.03.